The van der Waals surface area contributed by atoms with Crippen molar-refractivity contribution in [1.29, 1.82) is 0 Å². The van der Waals surface area contributed by atoms with Gasteiger partial charge < -0.3 is 10.6 Å². The van der Waals surface area contributed by atoms with Gasteiger partial charge in [-0.1, -0.05) is 22.6 Å². The highest BCUT2D eigenvalue weighted by molar-refractivity contribution is 14.1. The Balaban J connectivity index is 2.15. The molecule has 0 aliphatic carbocycles. The van der Waals surface area contributed by atoms with E-state index >= 15 is 0 Å². The van der Waals surface area contributed by atoms with Gasteiger partial charge in [0.15, 0.2) is 0 Å². The molecule has 5 heteroatoms. The van der Waals surface area contributed by atoms with Crippen LogP contribution in [0.2, 0.25) is 0 Å². The van der Waals surface area contributed by atoms with Gasteiger partial charge in [-0.15, -0.1) is 0 Å². The molecule has 4 nitrogen and oxygen atoms in total. The fourth-order valence-electron chi connectivity index (χ4n) is 1.90. The molecule has 1 aromatic rings. The molecule has 2 heterocycles. The van der Waals surface area contributed by atoms with Gasteiger partial charge >= 0.3 is 0 Å². The fourth-order valence-corrected chi connectivity index (χ4v) is 2.45. The Hall–Kier alpha value is -0.460. The summed E-state index contributed by atoms with van der Waals surface area (Å²) in [5.74, 6) is 1.08. The van der Waals surface area contributed by atoms with E-state index < -0.39 is 0 Å². The second-order valence-electron chi connectivity index (χ2n) is 3.71. The highest BCUT2D eigenvalue weighted by Crippen LogP contribution is 2.27. The highest BCUT2D eigenvalue weighted by atomic mass is 127. The first-order valence-corrected chi connectivity index (χ1v) is 6.09. The molecule has 2 N–H and O–H groups in total. The van der Waals surface area contributed by atoms with Crippen LogP contribution in [0.1, 0.15) is 12.8 Å². The highest BCUT2D eigenvalue weighted by Gasteiger charge is 2.20. The Morgan fingerprint density at radius 3 is 2.64 bits per heavy atom. The van der Waals surface area contributed by atoms with Crippen LogP contribution >= 0.6 is 22.6 Å². The number of rotatable bonds is 1. The van der Waals surface area contributed by atoms with Crippen LogP contribution in [0, 0.1) is 0 Å². The number of piperidine rings is 1. The number of hydrogen-bond donors (Lipinski definition) is 1. The van der Waals surface area contributed by atoms with Crippen LogP contribution in [0.15, 0.2) is 6.20 Å². The maximum Gasteiger partial charge on any atom is 0.150 e. The summed E-state index contributed by atoms with van der Waals surface area (Å²) < 4.78 is 2.68. The minimum atomic E-state index is 0.791. The third-order valence-corrected chi connectivity index (χ3v) is 3.90. The van der Waals surface area contributed by atoms with Crippen LogP contribution in [-0.2, 0) is 7.05 Å². The first-order valence-electron chi connectivity index (χ1n) is 4.85. The molecule has 0 bridgehead atoms. The van der Waals surface area contributed by atoms with Crippen LogP contribution in [-0.4, -0.2) is 26.8 Å². The Bertz CT molecular complexity index is 295. The van der Waals surface area contributed by atoms with Crippen LogP contribution in [0.25, 0.3) is 0 Å². The lowest BCUT2D eigenvalue weighted by atomic mass is 10.1. The lowest BCUT2D eigenvalue weighted by molar-refractivity contribution is 0.585. The predicted octanol–water partition coefficient (Wildman–Crippen LogP) is 1.41. The van der Waals surface area contributed by atoms with E-state index in [0.29, 0.717) is 0 Å². The Morgan fingerprint density at radius 2 is 2.14 bits per heavy atom. The van der Waals surface area contributed by atoms with E-state index in [1.165, 1.54) is 12.8 Å². The van der Waals surface area contributed by atoms with Crippen molar-refractivity contribution < 1.29 is 0 Å². The number of hydrogen-bond acceptors (Lipinski definition) is 3. The number of alkyl halides is 1. The zero-order valence-electron chi connectivity index (χ0n) is 8.28. The van der Waals surface area contributed by atoms with E-state index in [2.05, 4.69) is 32.6 Å². The number of aromatic nitrogens is 2. The first-order chi connectivity index (χ1) is 6.68. The van der Waals surface area contributed by atoms with Crippen molar-refractivity contribution in [2.24, 2.45) is 7.05 Å². The van der Waals surface area contributed by atoms with Gasteiger partial charge in [0.25, 0.3) is 0 Å². The molecule has 0 radical (unpaired) electrons. The summed E-state index contributed by atoms with van der Waals surface area (Å²) in [6.07, 6.45) is 4.21. The molecule has 0 saturated carbocycles. The number of aryl methyl sites for hydroxylation is 1. The maximum atomic E-state index is 5.88. The number of nitrogens with two attached hydrogens (primary N) is 1. The quantitative estimate of drug-likeness (QED) is 0.630. The van der Waals surface area contributed by atoms with Crippen molar-refractivity contribution >= 4 is 34.1 Å². The summed E-state index contributed by atoms with van der Waals surface area (Å²) in [5.41, 5.74) is 6.67. The van der Waals surface area contributed by atoms with Crippen molar-refractivity contribution in [3.8, 4) is 0 Å². The number of halogens is 1. The summed E-state index contributed by atoms with van der Waals surface area (Å²) >= 11 is 2.52. The predicted molar refractivity (Wildman–Crippen MR) is 66.9 cm³/mol. The third-order valence-electron chi connectivity index (χ3n) is 2.66. The molecule has 14 heavy (non-hydrogen) atoms. The molecule has 1 fully saturated rings. The van der Waals surface area contributed by atoms with Gasteiger partial charge in [-0.25, -0.2) is 0 Å². The molecular weight excluding hydrogens is 291 g/mol. The fraction of sp³-hybridized carbons (Fsp3) is 0.667. The molecule has 1 saturated heterocycles. The molecular formula is C9H15IN4. The molecule has 78 valence electrons. The van der Waals surface area contributed by atoms with Crippen molar-refractivity contribution in [3.63, 3.8) is 0 Å². The first kappa shape index (κ1) is 10.1. The topological polar surface area (TPSA) is 47.1 Å². The monoisotopic (exact) mass is 306 g/mol. The van der Waals surface area contributed by atoms with E-state index in [-0.39, 0.29) is 0 Å². The lowest BCUT2D eigenvalue weighted by Gasteiger charge is -2.31. The van der Waals surface area contributed by atoms with E-state index in [4.69, 9.17) is 5.73 Å². The molecule has 0 spiro atoms. The molecule has 0 amide bonds. The van der Waals surface area contributed by atoms with Gasteiger partial charge in [-0.2, -0.15) is 5.10 Å². The summed E-state index contributed by atoms with van der Waals surface area (Å²) in [4.78, 5) is 2.33. The van der Waals surface area contributed by atoms with Gasteiger partial charge in [0.1, 0.15) is 5.82 Å². The average molecular weight is 306 g/mol. The molecule has 1 aliphatic rings. The standard InChI is InChI=1S/C9H15IN4/c1-13-9(8(11)6-12-13)14-4-2-7(10)3-5-14/h6-7H,2-5,11H2,1H3. The number of anilines is 2. The van der Waals surface area contributed by atoms with Gasteiger partial charge in [0, 0.05) is 24.1 Å². The van der Waals surface area contributed by atoms with Crippen LogP contribution in [0.4, 0.5) is 11.5 Å². The second-order valence-corrected chi connectivity index (χ2v) is 5.47. The average Bonchev–Trinajstić information content (AvgIpc) is 2.49. The minimum Gasteiger partial charge on any atom is -0.394 e. The number of nitrogen functional groups attached to an aromatic ring is 1. The van der Waals surface area contributed by atoms with E-state index in [1.807, 2.05) is 11.7 Å². The van der Waals surface area contributed by atoms with Gasteiger partial charge in [0.2, 0.25) is 0 Å². The van der Waals surface area contributed by atoms with Gasteiger partial charge in [0.05, 0.1) is 11.9 Å². The van der Waals surface area contributed by atoms with Crippen molar-refractivity contribution in [1.82, 2.24) is 9.78 Å². The van der Waals surface area contributed by atoms with Gasteiger partial charge in [-0.3, -0.25) is 4.68 Å². The summed E-state index contributed by atoms with van der Waals surface area (Å²) in [6.45, 7) is 2.19. The van der Waals surface area contributed by atoms with E-state index in [0.717, 1.165) is 28.5 Å². The smallest absolute Gasteiger partial charge is 0.150 e. The third kappa shape index (κ3) is 1.82. The second kappa shape index (κ2) is 3.96. The van der Waals surface area contributed by atoms with E-state index in [1.54, 1.807) is 6.20 Å². The van der Waals surface area contributed by atoms with Crippen LogP contribution < -0.4 is 10.6 Å². The van der Waals surface area contributed by atoms with Crippen LogP contribution in [0.5, 0.6) is 0 Å². The molecule has 1 aromatic heterocycles. The SMILES string of the molecule is Cn1ncc(N)c1N1CCC(I)CC1. The van der Waals surface area contributed by atoms with Crippen molar-refractivity contribution in [2.75, 3.05) is 23.7 Å². The maximum absolute atomic E-state index is 5.88. The van der Waals surface area contributed by atoms with Crippen LogP contribution in [0.3, 0.4) is 0 Å². The number of nitrogens with zero attached hydrogens (tertiary/aromatic N) is 3. The summed E-state index contributed by atoms with van der Waals surface area (Å²) in [7, 11) is 1.95. The Morgan fingerprint density at radius 1 is 1.50 bits per heavy atom. The van der Waals surface area contributed by atoms with Crippen molar-refractivity contribution in [2.45, 2.75) is 16.8 Å². The molecule has 0 atom stereocenters. The largest absolute Gasteiger partial charge is 0.394 e. The lowest BCUT2D eigenvalue weighted by Crippen LogP contribution is -2.35. The Kier molecular flexibility index (Phi) is 2.85. The summed E-state index contributed by atoms with van der Waals surface area (Å²) in [6, 6.07) is 0. The molecule has 0 aromatic carbocycles. The van der Waals surface area contributed by atoms with Gasteiger partial charge in [-0.05, 0) is 12.8 Å². The normalized spacial score (nSPS) is 18.9. The minimum absolute atomic E-state index is 0.791. The van der Waals surface area contributed by atoms with E-state index in [9.17, 15) is 0 Å². The Labute approximate surface area is 97.6 Å². The zero-order chi connectivity index (χ0) is 10.1. The summed E-state index contributed by atoms with van der Waals surface area (Å²) in [5, 5.41) is 4.16. The molecule has 1 aliphatic heterocycles. The molecule has 0 unspecified atom stereocenters. The zero-order valence-corrected chi connectivity index (χ0v) is 10.4. The van der Waals surface area contributed by atoms with Crippen molar-refractivity contribution in [3.05, 3.63) is 6.20 Å². The molecule has 2 rings (SSSR count).